The third-order valence-corrected chi connectivity index (χ3v) is 5.57. The number of nitrogens with zero attached hydrogens (tertiary/aromatic N) is 2. The second kappa shape index (κ2) is 7.73. The number of carbonyl (C=O) groups excluding carboxylic acids is 1. The summed E-state index contributed by atoms with van der Waals surface area (Å²) in [7, 11) is -3.68. The maximum absolute atomic E-state index is 12.6. The molecule has 8 heteroatoms. The van der Waals surface area contributed by atoms with Gasteiger partial charge in [-0.1, -0.05) is 12.1 Å². The zero-order valence-electron chi connectivity index (χ0n) is 15.0. The van der Waals surface area contributed by atoms with Gasteiger partial charge in [-0.05, 0) is 48.9 Å². The molecule has 140 valence electrons. The molecule has 1 atom stereocenters. The first-order chi connectivity index (χ1) is 12.8. The highest BCUT2D eigenvalue weighted by atomic mass is 32.2. The number of hydrogen-bond acceptors (Lipinski definition) is 4. The molecule has 0 aliphatic rings. The summed E-state index contributed by atoms with van der Waals surface area (Å²) >= 11 is 0. The Morgan fingerprint density at radius 3 is 2.30 bits per heavy atom. The Bertz CT molecular complexity index is 1010. The van der Waals surface area contributed by atoms with Gasteiger partial charge in [0.15, 0.2) is 0 Å². The van der Waals surface area contributed by atoms with Crippen LogP contribution in [0.5, 0.6) is 0 Å². The summed E-state index contributed by atoms with van der Waals surface area (Å²) in [6, 6.07) is 13.2. The highest BCUT2D eigenvalue weighted by Gasteiger charge is 2.18. The zero-order chi connectivity index (χ0) is 19.4. The molecular weight excluding hydrogens is 364 g/mol. The molecule has 1 heterocycles. The summed E-state index contributed by atoms with van der Waals surface area (Å²) in [4.78, 5) is 15.2. The molecule has 7 nitrogen and oxygen atoms in total. The normalized spacial score (nSPS) is 12.5. The molecule has 0 fully saturated rings. The fraction of sp³-hybridized carbons (Fsp3) is 0.158. The molecule has 0 radical (unpaired) electrons. The summed E-state index contributed by atoms with van der Waals surface area (Å²) < 4.78 is 29.7. The molecule has 1 unspecified atom stereocenters. The van der Waals surface area contributed by atoms with Gasteiger partial charge in [-0.2, -0.15) is 0 Å². The quantitative estimate of drug-likeness (QED) is 0.683. The average molecular weight is 384 g/mol. The number of anilines is 1. The molecule has 1 aromatic heterocycles. The van der Waals surface area contributed by atoms with E-state index >= 15 is 0 Å². The monoisotopic (exact) mass is 384 g/mol. The van der Waals surface area contributed by atoms with Crippen molar-refractivity contribution in [3.8, 4) is 5.69 Å². The molecule has 0 spiro atoms. The number of hydrogen-bond donors (Lipinski definition) is 2. The van der Waals surface area contributed by atoms with Crippen molar-refractivity contribution in [2.75, 3.05) is 5.32 Å². The number of rotatable bonds is 6. The number of sulfonamides is 1. The number of nitrogens with one attached hydrogen (secondary N) is 2. The molecule has 2 N–H and O–H groups in total. The van der Waals surface area contributed by atoms with Gasteiger partial charge in [-0.3, -0.25) is 4.79 Å². The van der Waals surface area contributed by atoms with Crippen molar-refractivity contribution in [3.05, 3.63) is 72.8 Å². The largest absolute Gasteiger partial charge is 0.326 e. The van der Waals surface area contributed by atoms with Gasteiger partial charge in [0.25, 0.3) is 0 Å². The summed E-state index contributed by atoms with van der Waals surface area (Å²) in [6.45, 7) is 3.18. The minimum absolute atomic E-state index is 0.137. The van der Waals surface area contributed by atoms with Crippen LogP contribution < -0.4 is 10.0 Å². The highest BCUT2D eigenvalue weighted by Crippen LogP contribution is 2.20. The van der Waals surface area contributed by atoms with E-state index in [9.17, 15) is 13.2 Å². The molecule has 0 aliphatic carbocycles. The predicted molar refractivity (Wildman–Crippen MR) is 103 cm³/mol. The van der Waals surface area contributed by atoms with E-state index in [1.54, 1.807) is 31.6 Å². The van der Waals surface area contributed by atoms with Crippen LogP contribution in [0.4, 0.5) is 5.69 Å². The first-order valence-electron chi connectivity index (χ1n) is 8.33. The smallest absolute Gasteiger partial charge is 0.241 e. The Labute approximate surface area is 158 Å². The molecule has 1 amide bonds. The van der Waals surface area contributed by atoms with Gasteiger partial charge in [-0.15, -0.1) is 0 Å². The van der Waals surface area contributed by atoms with E-state index in [0.717, 1.165) is 11.3 Å². The standard InChI is InChI=1S/C19H20N4O3S/c1-14(16-3-7-18(8-4-16)23-12-11-20-13-23)22-27(25,26)19-9-5-17(6-10-19)21-15(2)24/h3-14,22H,1-2H3,(H,21,24). The van der Waals surface area contributed by atoms with Gasteiger partial charge in [0.2, 0.25) is 15.9 Å². The van der Waals surface area contributed by atoms with E-state index in [0.29, 0.717) is 5.69 Å². The van der Waals surface area contributed by atoms with Gasteiger partial charge in [0.05, 0.1) is 11.2 Å². The Balaban J connectivity index is 1.72. The van der Waals surface area contributed by atoms with Crippen molar-refractivity contribution in [1.29, 1.82) is 0 Å². The number of carbonyl (C=O) groups is 1. The van der Waals surface area contributed by atoms with E-state index in [1.165, 1.54) is 19.1 Å². The first kappa shape index (κ1) is 18.8. The zero-order valence-corrected chi connectivity index (χ0v) is 15.8. The van der Waals surface area contributed by atoms with Crippen molar-refractivity contribution in [2.24, 2.45) is 0 Å². The van der Waals surface area contributed by atoms with Crippen LogP contribution in [0.3, 0.4) is 0 Å². The Morgan fingerprint density at radius 1 is 1.07 bits per heavy atom. The van der Waals surface area contributed by atoms with Crippen LogP contribution in [0.1, 0.15) is 25.5 Å². The number of amides is 1. The van der Waals surface area contributed by atoms with E-state index in [1.807, 2.05) is 35.0 Å². The van der Waals surface area contributed by atoms with E-state index in [2.05, 4.69) is 15.0 Å². The molecule has 0 saturated heterocycles. The molecule has 3 aromatic rings. The predicted octanol–water partition coefficient (Wildman–Crippen LogP) is 2.87. The van der Waals surface area contributed by atoms with E-state index in [4.69, 9.17) is 0 Å². The van der Waals surface area contributed by atoms with E-state index < -0.39 is 16.1 Å². The molecule has 0 bridgehead atoms. The molecule has 2 aromatic carbocycles. The first-order valence-corrected chi connectivity index (χ1v) is 9.82. The Hall–Kier alpha value is -2.97. The lowest BCUT2D eigenvalue weighted by Gasteiger charge is -2.15. The fourth-order valence-electron chi connectivity index (χ4n) is 2.64. The lowest BCUT2D eigenvalue weighted by atomic mass is 10.1. The van der Waals surface area contributed by atoms with Crippen molar-refractivity contribution < 1.29 is 13.2 Å². The second-order valence-corrected chi connectivity index (χ2v) is 7.82. The Morgan fingerprint density at radius 2 is 1.74 bits per heavy atom. The van der Waals surface area contributed by atoms with Crippen LogP contribution >= 0.6 is 0 Å². The highest BCUT2D eigenvalue weighted by molar-refractivity contribution is 7.89. The molecule has 3 rings (SSSR count). The minimum atomic E-state index is -3.68. The van der Waals surface area contributed by atoms with Crippen LogP contribution in [-0.4, -0.2) is 23.9 Å². The van der Waals surface area contributed by atoms with E-state index in [-0.39, 0.29) is 10.8 Å². The van der Waals surface area contributed by atoms with Crippen molar-refractivity contribution in [3.63, 3.8) is 0 Å². The minimum Gasteiger partial charge on any atom is -0.326 e. The summed E-state index contributed by atoms with van der Waals surface area (Å²) in [5.74, 6) is -0.212. The second-order valence-electron chi connectivity index (χ2n) is 6.11. The van der Waals surface area contributed by atoms with Crippen molar-refractivity contribution in [1.82, 2.24) is 14.3 Å². The topological polar surface area (TPSA) is 93.1 Å². The number of aromatic nitrogens is 2. The lowest BCUT2D eigenvalue weighted by Crippen LogP contribution is -2.26. The van der Waals surface area contributed by atoms with Gasteiger partial charge in [0.1, 0.15) is 0 Å². The number of benzene rings is 2. The van der Waals surface area contributed by atoms with Gasteiger partial charge < -0.3 is 9.88 Å². The molecule has 0 aliphatic heterocycles. The summed E-state index contributed by atoms with van der Waals surface area (Å²) in [6.07, 6.45) is 5.24. The van der Waals surface area contributed by atoms with Crippen LogP contribution in [0.2, 0.25) is 0 Å². The summed E-state index contributed by atoms with van der Waals surface area (Å²) in [5, 5.41) is 2.61. The lowest BCUT2D eigenvalue weighted by molar-refractivity contribution is -0.114. The Kier molecular flexibility index (Phi) is 5.38. The fourth-order valence-corrected chi connectivity index (χ4v) is 3.87. The SMILES string of the molecule is CC(=O)Nc1ccc(S(=O)(=O)NC(C)c2ccc(-n3ccnc3)cc2)cc1. The van der Waals surface area contributed by atoms with Gasteiger partial charge >= 0.3 is 0 Å². The molecular formula is C19H20N4O3S. The van der Waals surface area contributed by atoms with Crippen molar-refractivity contribution >= 4 is 21.6 Å². The maximum atomic E-state index is 12.6. The molecule has 0 saturated carbocycles. The maximum Gasteiger partial charge on any atom is 0.241 e. The van der Waals surface area contributed by atoms with Crippen molar-refractivity contribution in [2.45, 2.75) is 24.8 Å². The van der Waals surface area contributed by atoms with Crippen LogP contribution in [0.25, 0.3) is 5.69 Å². The third kappa shape index (κ3) is 4.60. The van der Waals surface area contributed by atoms with Gasteiger partial charge in [-0.25, -0.2) is 18.1 Å². The summed E-state index contributed by atoms with van der Waals surface area (Å²) in [5.41, 5.74) is 2.33. The van der Waals surface area contributed by atoms with Crippen LogP contribution in [0, 0.1) is 0 Å². The number of imidazole rings is 1. The van der Waals surface area contributed by atoms with Crippen LogP contribution in [-0.2, 0) is 14.8 Å². The molecule has 27 heavy (non-hydrogen) atoms. The average Bonchev–Trinajstić information content (AvgIpc) is 3.16. The van der Waals surface area contributed by atoms with Gasteiger partial charge in [0, 0.05) is 36.7 Å². The van der Waals surface area contributed by atoms with Crippen LogP contribution in [0.15, 0.2) is 72.1 Å². The third-order valence-electron chi connectivity index (χ3n) is 4.01.